The summed E-state index contributed by atoms with van der Waals surface area (Å²) in [4.78, 5) is 3.12. The molecular formula is C8H12N. The average Bonchev–Trinajstić information content (AvgIpc) is 2.34. The Bertz CT molecular complexity index is 142. The van der Waals surface area contributed by atoms with Crippen molar-refractivity contribution in [1.82, 2.24) is 4.98 Å². The van der Waals surface area contributed by atoms with Crippen molar-refractivity contribution in [2.75, 3.05) is 0 Å². The highest BCUT2D eigenvalue weighted by molar-refractivity contribution is 5.12. The SMILES string of the molecule is CCC[CH]c1ccc[nH]1. The van der Waals surface area contributed by atoms with Crippen LogP contribution in [0, 0.1) is 6.42 Å². The molecule has 1 rings (SSSR count). The fourth-order valence-electron chi connectivity index (χ4n) is 0.771. The van der Waals surface area contributed by atoms with Crippen molar-refractivity contribution in [3.05, 3.63) is 30.4 Å². The summed E-state index contributed by atoms with van der Waals surface area (Å²) in [6.07, 6.45) is 6.54. The number of rotatable bonds is 3. The van der Waals surface area contributed by atoms with Gasteiger partial charge in [-0.1, -0.05) is 13.3 Å². The van der Waals surface area contributed by atoms with E-state index in [0.717, 1.165) is 0 Å². The van der Waals surface area contributed by atoms with Crippen molar-refractivity contribution in [1.29, 1.82) is 0 Å². The lowest BCUT2D eigenvalue weighted by Crippen LogP contribution is -1.78. The molecule has 0 aliphatic carbocycles. The van der Waals surface area contributed by atoms with Gasteiger partial charge in [-0.3, -0.25) is 0 Å². The van der Waals surface area contributed by atoms with E-state index in [1.165, 1.54) is 18.5 Å². The highest BCUT2D eigenvalue weighted by Crippen LogP contribution is 2.02. The number of hydrogen-bond donors (Lipinski definition) is 1. The van der Waals surface area contributed by atoms with Crippen LogP contribution in [-0.4, -0.2) is 4.98 Å². The van der Waals surface area contributed by atoms with Gasteiger partial charge in [0.15, 0.2) is 0 Å². The number of nitrogens with one attached hydrogen (secondary N) is 1. The van der Waals surface area contributed by atoms with E-state index in [1.54, 1.807) is 0 Å². The average molecular weight is 122 g/mol. The Labute approximate surface area is 56.1 Å². The van der Waals surface area contributed by atoms with Crippen molar-refractivity contribution in [2.45, 2.75) is 19.8 Å². The van der Waals surface area contributed by atoms with Gasteiger partial charge in [-0.2, -0.15) is 0 Å². The van der Waals surface area contributed by atoms with E-state index in [4.69, 9.17) is 0 Å². The first-order chi connectivity index (χ1) is 4.43. The minimum Gasteiger partial charge on any atom is -0.365 e. The summed E-state index contributed by atoms with van der Waals surface area (Å²) in [7, 11) is 0. The van der Waals surface area contributed by atoms with E-state index in [0.29, 0.717) is 0 Å². The van der Waals surface area contributed by atoms with Crippen LogP contribution in [0.1, 0.15) is 25.5 Å². The van der Waals surface area contributed by atoms with Crippen molar-refractivity contribution in [3.8, 4) is 0 Å². The Hall–Kier alpha value is -0.720. The largest absolute Gasteiger partial charge is 0.365 e. The molecule has 0 saturated heterocycles. The quantitative estimate of drug-likeness (QED) is 0.633. The monoisotopic (exact) mass is 122 g/mol. The minimum absolute atomic E-state index is 1.17. The zero-order valence-corrected chi connectivity index (χ0v) is 5.72. The smallest absolute Gasteiger partial charge is 0.0185 e. The Morgan fingerprint density at radius 2 is 2.56 bits per heavy atom. The number of aromatic nitrogens is 1. The Morgan fingerprint density at radius 3 is 3.11 bits per heavy atom. The van der Waals surface area contributed by atoms with Crippen molar-refractivity contribution in [3.63, 3.8) is 0 Å². The van der Waals surface area contributed by atoms with Crippen LogP contribution >= 0.6 is 0 Å². The van der Waals surface area contributed by atoms with Crippen LogP contribution < -0.4 is 0 Å². The Kier molecular flexibility index (Phi) is 2.37. The number of H-pyrrole nitrogens is 1. The van der Waals surface area contributed by atoms with Crippen LogP contribution in [0.3, 0.4) is 0 Å². The first kappa shape index (κ1) is 6.40. The second-order valence-corrected chi connectivity index (χ2v) is 2.12. The maximum Gasteiger partial charge on any atom is 0.0185 e. The van der Waals surface area contributed by atoms with Crippen LogP contribution in [-0.2, 0) is 0 Å². The fourth-order valence-corrected chi connectivity index (χ4v) is 0.771. The van der Waals surface area contributed by atoms with Crippen LogP contribution in [0.2, 0.25) is 0 Å². The van der Waals surface area contributed by atoms with Gasteiger partial charge in [-0.25, -0.2) is 0 Å². The van der Waals surface area contributed by atoms with Gasteiger partial charge in [0.25, 0.3) is 0 Å². The van der Waals surface area contributed by atoms with Crippen molar-refractivity contribution >= 4 is 0 Å². The maximum absolute atomic E-state index is 3.12. The second kappa shape index (κ2) is 3.33. The zero-order chi connectivity index (χ0) is 6.53. The van der Waals surface area contributed by atoms with E-state index in [1.807, 2.05) is 12.3 Å². The molecule has 1 nitrogen and oxygen atoms in total. The molecule has 49 valence electrons. The lowest BCUT2D eigenvalue weighted by atomic mass is 10.2. The molecule has 1 N–H and O–H groups in total. The van der Waals surface area contributed by atoms with E-state index in [-0.39, 0.29) is 0 Å². The van der Waals surface area contributed by atoms with Gasteiger partial charge in [-0.15, -0.1) is 0 Å². The first-order valence-corrected chi connectivity index (χ1v) is 3.40. The van der Waals surface area contributed by atoms with Gasteiger partial charge in [0.1, 0.15) is 0 Å². The molecule has 1 heterocycles. The topological polar surface area (TPSA) is 15.8 Å². The molecule has 0 amide bonds. The van der Waals surface area contributed by atoms with Gasteiger partial charge in [0.05, 0.1) is 0 Å². The third kappa shape index (κ3) is 1.92. The van der Waals surface area contributed by atoms with Crippen LogP contribution in [0.25, 0.3) is 0 Å². The molecule has 0 fully saturated rings. The predicted molar refractivity (Wildman–Crippen MR) is 39.1 cm³/mol. The van der Waals surface area contributed by atoms with Gasteiger partial charge >= 0.3 is 0 Å². The fraction of sp³-hybridized carbons (Fsp3) is 0.375. The van der Waals surface area contributed by atoms with Gasteiger partial charge < -0.3 is 4.98 Å². The van der Waals surface area contributed by atoms with E-state index >= 15 is 0 Å². The molecule has 0 bridgehead atoms. The molecule has 0 aliphatic rings. The Balaban J connectivity index is 2.30. The minimum atomic E-state index is 1.17. The second-order valence-electron chi connectivity index (χ2n) is 2.12. The van der Waals surface area contributed by atoms with E-state index < -0.39 is 0 Å². The van der Waals surface area contributed by atoms with Gasteiger partial charge in [0.2, 0.25) is 0 Å². The third-order valence-corrected chi connectivity index (χ3v) is 1.27. The van der Waals surface area contributed by atoms with Gasteiger partial charge in [-0.05, 0) is 18.6 Å². The van der Waals surface area contributed by atoms with Crippen LogP contribution in [0.15, 0.2) is 18.3 Å². The van der Waals surface area contributed by atoms with E-state index in [2.05, 4.69) is 24.4 Å². The standard InChI is InChI=1S/C8H12N/c1-2-3-5-8-6-4-7-9-8/h4-7,9H,2-3H2,1H3. The normalized spacial score (nSPS) is 9.89. The molecule has 1 heteroatoms. The highest BCUT2D eigenvalue weighted by atomic mass is 14.7. The van der Waals surface area contributed by atoms with E-state index in [9.17, 15) is 0 Å². The Morgan fingerprint density at radius 1 is 1.67 bits per heavy atom. The van der Waals surface area contributed by atoms with Gasteiger partial charge in [0, 0.05) is 18.3 Å². The molecule has 1 aromatic heterocycles. The number of hydrogen-bond acceptors (Lipinski definition) is 0. The summed E-state index contributed by atoms with van der Waals surface area (Å²) in [6.45, 7) is 2.18. The van der Waals surface area contributed by atoms with Crippen molar-refractivity contribution in [2.24, 2.45) is 0 Å². The molecule has 0 spiro atoms. The molecule has 0 atom stereocenters. The molecular weight excluding hydrogens is 110 g/mol. The molecule has 0 aliphatic heterocycles. The van der Waals surface area contributed by atoms with Crippen LogP contribution in [0.4, 0.5) is 0 Å². The first-order valence-electron chi connectivity index (χ1n) is 3.40. The zero-order valence-electron chi connectivity index (χ0n) is 5.72. The molecule has 0 aromatic carbocycles. The molecule has 9 heavy (non-hydrogen) atoms. The predicted octanol–water partition coefficient (Wildman–Crippen LogP) is 2.37. The molecule has 0 unspecified atom stereocenters. The summed E-state index contributed by atoms with van der Waals surface area (Å²) >= 11 is 0. The summed E-state index contributed by atoms with van der Waals surface area (Å²) in [6, 6.07) is 4.09. The van der Waals surface area contributed by atoms with Crippen LogP contribution in [0.5, 0.6) is 0 Å². The third-order valence-electron chi connectivity index (χ3n) is 1.27. The molecule has 0 saturated carbocycles. The number of aromatic amines is 1. The lowest BCUT2D eigenvalue weighted by Gasteiger charge is -1.91. The summed E-state index contributed by atoms with van der Waals surface area (Å²) in [5, 5.41) is 0. The summed E-state index contributed by atoms with van der Waals surface area (Å²) in [5.74, 6) is 0. The lowest BCUT2D eigenvalue weighted by molar-refractivity contribution is 0.904. The summed E-state index contributed by atoms with van der Waals surface area (Å²) in [5.41, 5.74) is 1.23. The maximum atomic E-state index is 3.12. The van der Waals surface area contributed by atoms with Crippen molar-refractivity contribution < 1.29 is 0 Å². The summed E-state index contributed by atoms with van der Waals surface area (Å²) < 4.78 is 0. The highest BCUT2D eigenvalue weighted by Gasteiger charge is 1.89. The molecule has 1 radical (unpaired) electrons. The number of unbranched alkanes of at least 4 members (excludes halogenated alkanes) is 1. The molecule has 1 aromatic rings.